The van der Waals surface area contributed by atoms with Gasteiger partial charge in [-0.3, -0.25) is 0 Å². The van der Waals surface area contributed by atoms with E-state index >= 15 is 0 Å². The third-order valence-electron chi connectivity index (χ3n) is 2.34. The monoisotopic (exact) mass is 379 g/mol. The van der Waals surface area contributed by atoms with Crippen molar-refractivity contribution in [3.63, 3.8) is 0 Å². The molecule has 5 heteroatoms. The number of rotatable bonds is 2. The molecule has 2 rings (SSSR count). The Morgan fingerprint density at radius 1 is 1.16 bits per heavy atom. The van der Waals surface area contributed by atoms with Crippen molar-refractivity contribution in [1.82, 2.24) is 4.98 Å². The predicted molar refractivity (Wildman–Crippen MR) is 90.7 cm³/mol. The van der Waals surface area contributed by atoms with Crippen LogP contribution in [0.3, 0.4) is 0 Å². The summed E-state index contributed by atoms with van der Waals surface area (Å²) in [5, 5.41) is 1.12. The average Bonchev–Trinajstić information content (AvgIpc) is 2.77. The maximum atomic E-state index is 6.03. The summed E-state index contributed by atoms with van der Waals surface area (Å²) in [6.45, 7) is 8.31. The van der Waals surface area contributed by atoms with Crippen LogP contribution in [0.2, 0.25) is 10.0 Å². The normalized spacial score (nSPS) is 10.3. The van der Waals surface area contributed by atoms with Crippen LogP contribution >= 0.6 is 50.5 Å². The summed E-state index contributed by atoms with van der Waals surface area (Å²) >= 11 is 17.0. The van der Waals surface area contributed by atoms with Crippen molar-refractivity contribution in [2.24, 2.45) is 0 Å². The van der Waals surface area contributed by atoms with Gasteiger partial charge in [0.1, 0.15) is 0 Å². The summed E-state index contributed by atoms with van der Waals surface area (Å²) < 4.78 is 0.891. The smallest absolute Gasteiger partial charge is 0.160 e. The molecule has 0 saturated heterocycles. The summed E-state index contributed by atoms with van der Waals surface area (Å²) in [4.78, 5) is 5.75. The molecular formula is C14H16BrCl2NS. The second kappa shape index (κ2) is 7.63. The Hall–Kier alpha value is -0.0900. The molecule has 0 N–H and O–H groups in total. The van der Waals surface area contributed by atoms with Crippen LogP contribution in [0.25, 0.3) is 11.3 Å². The molecule has 104 valence electrons. The zero-order valence-corrected chi connectivity index (χ0v) is 15.2. The van der Waals surface area contributed by atoms with E-state index in [0.29, 0.717) is 16.0 Å². The van der Waals surface area contributed by atoms with E-state index < -0.39 is 0 Å². The van der Waals surface area contributed by atoms with Gasteiger partial charge in [-0.25, -0.2) is 4.98 Å². The molecular weight excluding hydrogens is 365 g/mol. The van der Waals surface area contributed by atoms with Gasteiger partial charge in [-0.05, 0) is 34.0 Å². The summed E-state index contributed by atoms with van der Waals surface area (Å²) in [5.74, 6) is 0.434. The van der Waals surface area contributed by atoms with Crippen molar-refractivity contribution in [3.05, 3.63) is 37.0 Å². The molecule has 0 fully saturated rings. The van der Waals surface area contributed by atoms with E-state index in [1.165, 1.54) is 4.88 Å². The SMILES string of the molecule is CC.CC(C)c1sc(Br)nc1-c1ccc(Cl)c(Cl)c1. The highest BCUT2D eigenvalue weighted by Crippen LogP contribution is 2.37. The first kappa shape index (κ1) is 17.0. The molecule has 1 nitrogen and oxygen atoms in total. The molecule has 0 radical (unpaired) electrons. The third kappa shape index (κ3) is 4.19. The van der Waals surface area contributed by atoms with E-state index in [-0.39, 0.29) is 0 Å². The van der Waals surface area contributed by atoms with E-state index in [1.54, 1.807) is 17.4 Å². The Labute approximate surface area is 137 Å². The van der Waals surface area contributed by atoms with Crippen LogP contribution in [0.5, 0.6) is 0 Å². The molecule has 1 aromatic carbocycles. The fourth-order valence-corrected chi connectivity index (χ4v) is 3.36. The summed E-state index contributed by atoms with van der Waals surface area (Å²) in [6, 6.07) is 5.61. The minimum absolute atomic E-state index is 0.434. The second-order valence-electron chi connectivity index (χ2n) is 3.96. The van der Waals surface area contributed by atoms with Crippen LogP contribution in [0.15, 0.2) is 22.1 Å². The molecule has 0 spiro atoms. The average molecular weight is 381 g/mol. The van der Waals surface area contributed by atoms with Crippen molar-refractivity contribution in [2.45, 2.75) is 33.6 Å². The maximum absolute atomic E-state index is 6.03. The third-order valence-corrected chi connectivity index (χ3v) is 4.89. The molecule has 0 atom stereocenters. The molecule has 2 aromatic rings. The number of benzene rings is 1. The quantitative estimate of drug-likeness (QED) is 0.544. The van der Waals surface area contributed by atoms with Gasteiger partial charge in [0, 0.05) is 10.4 Å². The van der Waals surface area contributed by atoms with Crippen LogP contribution in [0.1, 0.15) is 38.5 Å². The number of halogens is 3. The Morgan fingerprint density at radius 3 is 2.32 bits per heavy atom. The van der Waals surface area contributed by atoms with Crippen LogP contribution in [0.4, 0.5) is 0 Å². The lowest BCUT2D eigenvalue weighted by Gasteiger charge is -2.06. The molecule has 1 aromatic heterocycles. The van der Waals surface area contributed by atoms with Gasteiger partial charge in [0.05, 0.1) is 15.7 Å². The van der Waals surface area contributed by atoms with E-state index in [0.717, 1.165) is 15.2 Å². The fourth-order valence-electron chi connectivity index (χ4n) is 1.55. The maximum Gasteiger partial charge on any atom is 0.160 e. The van der Waals surface area contributed by atoms with Gasteiger partial charge < -0.3 is 0 Å². The van der Waals surface area contributed by atoms with Gasteiger partial charge in [0.25, 0.3) is 0 Å². The molecule has 0 bridgehead atoms. The van der Waals surface area contributed by atoms with E-state index in [4.69, 9.17) is 23.2 Å². The van der Waals surface area contributed by atoms with Crippen LogP contribution in [-0.2, 0) is 0 Å². The minimum atomic E-state index is 0.434. The Balaban J connectivity index is 0.000000861. The van der Waals surface area contributed by atoms with Gasteiger partial charge in [0.2, 0.25) is 0 Å². The topological polar surface area (TPSA) is 12.9 Å². The molecule has 0 amide bonds. The molecule has 0 aliphatic carbocycles. The first-order valence-corrected chi connectivity index (χ1v) is 8.47. The van der Waals surface area contributed by atoms with Crippen molar-refractivity contribution in [3.8, 4) is 11.3 Å². The van der Waals surface area contributed by atoms with Gasteiger partial charge in [0.15, 0.2) is 3.92 Å². The lowest BCUT2D eigenvalue weighted by Crippen LogP contribution is -1.88. The summed E-state index contributed by atoms with van der Waals surface area (Å²) in [7, 11) is 0. The Kier molecular flexibility index (Phi) is 6.81. The van der Waals surface area contributed by atoms with Crippen LogP contribution in [0, 0.1) is 0 Å². The lowest BCUT2D eigenvalue weighted by molar-refractivity contribution is 0.888. The van der Waals surface area contributed by atoms with Crippen LogP contribution < -0.4 is 0 Å². The van der Waals surface area contributed by atoms with Crippen molar-refractivity contribution in [1.29, 1.82) is 0 Å². The molecule has 0 aliphatic heterocycles. The first-order chi connectivity index (χ1) is 8.99. The highest BCUT2D eigenvalue weighted by Gasteiger charge is 2.15. The molecule has 19 heavy (non-hydrogen) atoms. The predicted octanol–water partition coefficient (Wildman–Crippen LogP) is 7.03. The van der Waals surface area contributed by atoms with Gasteiger partial charge in [-0.15, -0.1) is 11.3 Å². The first-order valence-electron chi connectivity index (χ1n) is 6.10. The molecule has 0 saturated carbocycles. The largest absolute Gasteiger partial charge is 0.229 e. The van der Waals surface area contributed by atoms with E-state index in [9.17, 15) is 0 Å². The molecule has 0 aliphatic rings. The van der Waals surface area contributed by atoms with Gasteiger partial charge >= 0.3 is 0 Å². The van der Waals surface area contributed by atoms with Crippen molar-refractivity contribution >= 4 is 50.5 Å². The number of hydrogen-bond donors (Lipinski definition) is 0. The van der Waals surface area contributed by atoms with Gasteiger partial charge in [-0.1, -0.05) is 57.0 Å². The van der Waals surface area contributed by atoms with Gasteiger partial charge in [-0.2, -0.15) is 0 Å². The fraction of sp³-hybridized carbons (Fsp3) is 0.357. The summed E-state index contributed by atoms with van der Waals surface area (Å²) in [5.41, 5.74) is 1.99. The van der Waals surface area contributed by atoms with Crippen molar-refractivity contribution in [2.75, 3.05) is 0 Å². The zero-order valence-electron chi connectivity index (χ0n) is 11.3. The van der Waals surface area contributed by atoms with E-state index in [1.807, 2.05) is 26.0 Å². The Morgan fingerprint density at radius 2 is 1.79 bits per heavy atom. The van der Waals surface area contributed by atoms with E-state index in [2.05, 4.69) is 34.8 Å². The minimum Gasteiger partial charge on any atom is -0.229 e. The second-order valence-corrected chi connectivity index (χ2v) is 7.08. The highest BCUT2D eigenvalue weighted by molar-refractivity contribution is 9.11. The van der Waals surface area contributed by atoms with Crippen LogP contribution in [-0.4, -0.2) is 4.98 Å². The Bertz CT molecular complexity index is 552. The highest BCUT2D eigenvalue weighted by atomic mass is 79.9. The number of thiazole rings is 1. The zero-order chi connectivity index (χ0) is 14.6. The standard InChI is InChI=1S/C12H10BrCl2NS.C2H6/c1-6(2)11-10(16-12(13)17-11)7-3-4-8(14)9(15)5-7;1-2/h3-6H,1-2H3;1-2H3. The number of aromatic nitrogens is 1. The number of hydrogen-bond acceptors (Lipinski definition) is 2. The number of nitrogens with zero attached hydrogens (tertiary/aromatic N) is 1. The summed E-state index contributed by atoms with van der Waals surface area (Å²) in [6.07, 6.45) is 0. The lowest BCUT2D eigenvalue weighted by atomic mass is 10.1. The molecule has 0 unspecified atom stereocenters. The molecule has 1 heterocycles. The van der Waals surface area contributed by atoms with Crippen molar-refractivity contribution < 1.29 is 0 Å².